The van der Waals surface area contributed by atoms with Crippen LogP contribution in [0.4, 0.5) is 5.69 Å². The summed E-state index contributed by atoms with van der Waals surface area (Å²) in [7, 11) is 0. The molecule has 110 valence electrons. The van der Waals surface area contributed by atoms with Gasteiger partial charge < -0.3 is 19.5 Å². The number of rotatable bonds is 4. The molecule has 0 radical (unpaired) electrons. The highest BCUT2D eigenvalue weighted by molar-refractivity contribution is 6.04. The number of hydrogen-bond donors (Lipinski definition) is 1. The van der Waals surface area contributed by atoms with Gasteiger partial charge in [-0.1, -0.05) is 5.92 Å². The van der Waals surface area contributed by atoms with Crippen LogP contribution in [-0.4, -0.2) is 19.3 Å². The molecule has 1 N–H and O–H groups in total. The van der Waals surface area contributed by atoms with Crippen LogP contribution < -0.4 is 19.5 Å². The molecule has 2 aromatic carbocycles. The molecule has 1 heterocycles. The van der Waals surface area contributed by atoms with E-state index in [1.807, 2.05) is 0 Å². The molecule has 0 saturated heterocycles. The van der Waals surface area contributed by atoms with Crippen molar-refractivity contribution in [2.24, 2.45) is 0 Å². The fraction of sp³-hybridized carbons (Fsp3) is 0.118. The lowest BCUT2D eigenvalue weighted by Gasteiger charge is -2.07. The first kappa shape index (κ1) is 13.8. The Morgan fingerprint density at radius 2 is 1.95 bits per heavy atom. The fourth-order valence-electron chi connectivity index (χ4n) is 2.01. The second kappa shape index (κ2) is 6.10. The van der Waals surface area contributed by atoms with Crippen LogP contribution in [-0.2, 0) is 0 Å². The molecule has 5 heteroatoms. The molecule has 0 aromatic heterocycles. The molecule has 0 unspecified atom stereocenters. The van der Waals surface area contributed by atoms with Gasteiger partial charge in [-0.3, -0.25) is 4.79 Å². The molecule has 0 aliphatic carbocycles. The SMILES string of the molecule is C#CCOc1ccc(C(=O)Nc2ccc3c(c2)OCO3)cc1. The Hall–Kier alpha value is -3.13. The molecule has 0 spiro atoms. The zero-order valence-corrected chi connectivity index (χ0v) is 11.7. The maximum Gasteiger partial charge on any atom is 0.255 e. The minimum absolute atomic E-state index is 0.197. The minimum Gasteiger partial charge on any atom is -0.481 e. The van der Waals surface area contributed by atoms with E-state index in [-0.39, 0.29) is 19.3 Å². The molecule has 0 saturated carbocycles. The van der Waals surface area contributed by atoms with Gasteiger partial charge in [0.25, 0.3) is 5.91 Å². The second-order valence-corrected chi connectivity index (χ2v) is 4.54. The summed E-state index contributed by atoms with van der Waals surface area (Å²) >= 11 is 0. The number of carbonyl (C=O) groups excluding carboxylic acids is 1. The van der Waals surface area contributed by atoms with Gasteiger partial charge in [0.05, 0.1) is 0 Å². The van der Waals surface area contributed by atoms with Crippen molar-refractivity contribution in [3.05, 3.63) is 48.0 Å². The number of hydrogen-bond acceptors (Lipinski definition) is 4. The van der Waals surface area contributed by atoms with E-state index in [4.69, 9.17) is 20.6 Å². The van der Waals surface area contributed by atoms with E-state index in [2.05, 4.69) is 11.2 Å². The van der Waals surface area contributed by atoms with Crippen LogP contribution in [0.3, 0.4) is 0 Å². The molecule has 0 fully saturated rings. The van der Waals surface area contributed by atoms with Crippen molar-refractivity contribution in [1.82, 2.24) is 0 Å². The largest absolute Gasteiger partial charge is 0.481 e. The molecule has 2 aromatic rings. The summed E-state index contributed by atoms with van der Waals surface area (Å²) in [5.74, 6) is 4.08. The van der Waals surface area contributed by atoms with Crippen molar-refractivity contribution < 1.29 is 19.0 Å². The highest BCUT2D eigenvalue weighted by Gasteiger charge is 2.14. The Morgan fingerprint density at radius 3 is 2.73 bits per heavy atom. The summed E-state index contributed by atoms with van der Waals surface area (Å²) < 4.78 is 15.8. The van der Waals surface area contributed by atoms with Crippen molar-refractivity contribution >= 4 is 11.6 Å². The predicted molar refractivity (Wildman–Crippen MR) is 81.3 cm³/mol. The molecular weight excluding hydrogens is 282 g/mol. The van der Waals surface area contributed by atoms with Crippen molar-refractivity contribution in [3.8, 4) is 29.6 Å². The van der Waals surface area contributed by atoms with E-state index in [0.717, 1.165) is 0 Å². The number of ether oxygens (including phenoxy) is 3. The first-order chi connectivity index (χ1) is 10.8. The van der Waals surface area contributed by atoms with Gasteiger partial charge in [0, 0.05) is 17.3 Å². The summed E-state index contributed by atoms with van der Waals surface area (Å²) in [6, 6.07) is 12.0. The highest BCUT2D eigenvalue weighted by Crippen LogP contribution is 2.34. The zero-order chi connectivity index (χ0) is 15.4. The number of nitrogens with one attached hydrogen (secondary N) is 1. The van der Waals surface area contributed by atoms with Gasteiger partial charge in [-0.15, -0.1) is 6.42 Å². The molecule has 5 nitrogen and oxygen atoms in total. The summed E-state index contributed by atoms with van der Waals surface area (Å²) in [6.45, 7) is 0.397. The van der Waals surface area contributed by atoms with Gasteiger partial charge in [-0.05, 0) is 36.4 Å². The first-order valence-corrected chi connectivity index (χ1v) is 6.63. The second-order valence-electron chi connectivity index (χ2n) is 4.54. The predicted octanol–water partition coefficient (Wildman–Crippen LogP) is 2.68. The zero-order valence-electron chi connectivity index (χ0n) is 11.7. The normalized spacial score (nSPS) is 11.6. The summed E-state index contributed by atoms with van der Waals surface area (Å²) in [6.07, 6.45) is 5.12. The number of carbonyl (C=O) groups is 1. The summed E-state index contributed by atoms with van der Waals surface area (Å²) in [5, 5.41) is 2.80. The van der Waals surface area contributed by atoms with Crippen molar-refractivity contribution in [1.29, 1.82) is 0 Å². The fourth-order valence-corrected chi connectivity index (χ4v) is 2.01. The number of amides is 1. The number of fused-ring (bicyclic) bond motifs is 1. The van der Waals surface area contributed by atoms with E-state index < -0.39 is 0 Å². The van der Waals surface area contributed by atoms with Crippen LogP contribution in [0.15, 0.2) is 42.5 Å². The molecular formula is C17H13NO4. The quantitative estimate of drug-likeness (QED) is 0.881. The molecule has 1 amide bonds. The van der Waals surface area contributed by atoms with Gasteiger partial charge >= 0.3 is 0 Å². The lowest BCUT2D eigenvalue weighted by atomic mass is 10.2. The summed E-state index contributed by atoms with van der Waals surface area (Å²) in [4.78, 5) is 12.2. The lowest BCUT2D eigenvalue weighted by molar-refractivity contribution is 0.102. The van der Waals surface area contributed by atoms with E-state index in [1.54, 1.807) is 42.5 Å². The van der Waals surface area contributed by atoms with Crippen molar-refractivity contribution in [2.75, 3.05) is 18.7 Å². The Balaban J connectivity index is 1.68. The Kier molecular flexibility index (Phi) is 3.84. The monoisotopic (exact) mass is 295 g/mol. The standard InChI is InChI=1S/C17H13NO4/c1-2-9-20-14-6-3-12(4-7-14)17(19)18-13-5-8-15-16(10-13)22-11-21-15/h1,3-8,10H,9,11H2,(H,18,19). The maximum absolute atomic E-state index is 12.2. The third-order valence-corrected chi connectivity index (χ3v) is 3.07. The molecule has 0 atom stereocenters. The molecule has 0 bridgehead atoms. The molecule has 1 aliphatic rings. The average molecular weight is 295 g/mol. The maximum atomic E-state index is 12.2. The van der Waals surface area contributed by atoms with E-state index in [0.29, 0.717) is 28.5 Å². The smallest absolute Gasteiger partial charge is 0.255 e. The Labute approximate surface area is 127 Å². The van der Waals surface area contributed by atoms with Crippen LogP contribution in [0.2, 0.25) is 0 Å². The van der Waals surface area contributed by atoms with E-state index in [9.17, 15) is 4.79 Å². The first-order valence-electron chi connectivity index (χ1n) is 6.63. The van der Waals surface area contributed by atoms with Crippen molar-refractivity contribution in [2.45, 2.75) is 0 Å². The van der Waals surface area contributed by atoms with Crippen LogP contribution in [0.5, 0.6) is 17.2 Å². The molecule has 1 aliphatic heterocycles. The van der Waals surface area contributed by atoms with Crippen molar-refractivity contribution in [3.63, 3.8) is 0 Å². The highest BCUT2D eigenvalue weighted by atomic mass is 16.7. The third kappa shape index (κ3) is 2.96. The third-order valence-electron chi connectivity index (χ3n) is 3.07. The van der Waals surface area contributed by atoms with Gasteiger partial charge in [-0.2, -0.15) is 0 Å². The van der Waals surface area contributed by atoms with Crippen LogP contribution in [0.25, 0.3) is 0 Å². The number of anilines is 1. The van der Waals surface area contributed by atoms with Crippen LogP contribution in [0, 0.1) is 12.3 Å². The van der Waals surface area contributed by atoms with Gasteiger partial charge in [0.15, 0.2) is 11.5 Å². The average Bonchev–Trinajstić information content (AvgIpc) is 3.01. The van der Waals surface area contributed by atoms with E-state index >= 15 is 0 Å². The Bertz CT molecular complexity index is 731. The van der Waals surface area contributed by atoms with Crippen LogP contribution in [0.1, 0.15) is 10.4 Å². The lowest BCUT2D eigenvalue weighted by Crippen LogP contribution is -2.11. The van der Waals surface area contributed by atoms with Crippen LogP contribution >= 0.6 is 0 Å². The minimum atomic E-state index is -0.220. The van der Waals surface area contributed by atoms with Gasteiger partial charge in [0.1, 0.15) is 12.4 Å². The topological polar surface area (TPSA) is 56.8 Å². The molecule has 22 heavy (non-hydrogen) atoms. The number of terminal acetylenes is 1. The Morgan fingerprint density at radius 1 is 1.18 bits per heavy atom. The number of benzene rings is 2. The molecule has 3 rings (SSSR count). The summed E-state index contributed by atoms with van der Waals surface area (Å²) in [5.41, 5.74) is 1.16. The van der Waals surface area contributed by atoms with Gasteiger partial charge in [0.2, 0.25) is 6.79 Å². The van der Waals surface area contributed by atoms with Gasteiger partial charge in [-0.25, -0.2) is 0 Å². The van der Waals surface area contributed by atoms with E-state index in [1.165, 1.54) is 0 Å².